The summed E-state index contributed by atoms with van der Waals surface area (Å²) >= 11 is 0. The van der Waals surface area contributed by atoms with Crippen molar-refractivity contribution in [3.8, 4) is 0 Å². The van der Waals surface area contributed by atoms with E-state index in [9.17, 15) is 9.90 Å². The Hall–Kier alpha value is -0.665. The third kappa shape index (κ3) is 7.06. The van der Waals surface area contributed by atoms with Crippen molar-refractivity contribution in [2.45, 2.75) is 50.4 Å². The van der Waals surface area contributed by atoms with Crippen LogP contribution in [0.4, 0.5) is 0 Å². The van der Waals surface area contributed by atoms with E-state index < -0.39 is 18.6 Å². The Morgan fingerprint density at radius 1 is 1.23 bits per heavy atom. The molecule has 1 unspecified atom stereocenters. The molecule has 5 N–H and O–H groups in total. The average Bonchev–Trinajstić information content (AvgIpc) is 2.65. The van der Waals surface area contributed by atoms with Gasteiger partial charge in [-0.2, -0.15) is 0 Å². The lowest BCUT2D eigenvalue weighted by atomic mass is 9.81. The van der Waals surface area contributed by atoms with Crippen molar-refractivity contribution < 1.29 is 19.9 Å². The topological polar surface area (TPSA) is 110 Å². The number of aliphatic carboxylic acids is 1. The minimum Gasteiger partial charge on any atom is -0.480 e. The fourth-order valence-electron chi connectivity index (χ4n) is 2.85. The van der Waals surface area contributed by atoms with Gasteiger partial charge >= 0.3 is 13.1 Å². The molecule has 0 saturated carbocycles. The van der Waals surface area contributed by atoms with Crippen LogP contribution in [0.5, 0.6) is 0 Å². The lowest BCUT2D eigenvalue weighted by molar-refractivity contribution is -0.144. The van der Waals surface area contributed by atoms with Gasteiger partial charge < -0.3 is 20.9 Å². The smallest absolute Gasteiger partial charge is 0.451 e. The third-order valence-electron chi connectivity index (χ3n) is 4.34. The zero-order valence-corrected chi connectivity index (χ0v) is 13.6. The average molecular weight is 315 g/mol. The summed E-state index contributed by atoms with van der Waals surface area (Å²) in [6, 6.07) is 0. The maximum Gasteiger partial charge on any atom is 0.451 e. The predicted octanol–water partition coefficient (Wildman–Crippen LogP) is -0.213. The molecule has 1 atom stereocenters. The Balaban J connectivity index is 2.42. The number of hydrogen-bond acceptors (Lipinski definition) is 6. The molecular weight excluding hydrogens is 285 g/mol. The molecule has 1 saturated heterocycles. The van der Waals surface area contributed by atoms with E-state index in [1.165, 1.54) is 6.42 Å². The first kappa shape index (κ1) is 19.4. The number of nitrogens with zero attached hydrogens (tertiary/aromatic N) is 2. The summed E-state index contributed by atoms with van der Waals surface area (Å²) in [5, 5.41) is 27.1. The molecule has 22 heavy (non-hydrogen) atoms. The number of rotatable bonds is 9. The molecule has 1 rings (SSSR count). The van der Waals surface area contributed by atoms with E-state index >= 15 is 0 Å². The van der Waals surface area contributed by atoms with Gasteiger partial charge in [-0.15, -0.1) is 0 Å². The monoisotopic (exact) mass is 315 g/mol. The fourth-order valence-corrected chi connectivity index (χ4v) is 2.85. The Kier molecular flexibility index (Phi) is 8.34. The molecule has 1 aliphatic rings. The summed E-state index contributed by atoms with van der Waals surface area (Å²) in [5.74, 6) is -0.972. The van der Waals surface area contributed by atoms with Crippen LogP contribution in [-0.2, 0) is 4.79 Å². The van der Waals surface area contributed by atoms with Gasteiger partial charge in [0.2, 0.25) is 0 Å². The molecular formula is C14H30BN3O4. The Morgan fingerprint density at radius 3 is 2.55 bits per heavy atom. The lowest BCUT2D eigenvalue weighted by Gasteiger charge is -2.30. The summed E-state index contributed by atoms with van der Waals surface area (Å²) < 4.78 is 0. The number of nitrogens with two attached hydrogens (primary N) is 1. The Morgan fingerprint density at radius 2 is 1.91 bits per heavy atom. The molecule has 0 bridgehead atoms. The molecule has 7 nitrogen and oxygen atoms in total. The second-order valence-electron chi connectivity index (χ2n) is 6.48. The summed E-state index contributed by atoms with van der Waals surface area (Å²) in [4.78, 5) is 16.0. The van der Waals surface area contributed by atoms with Crippen molar-refractivity contribution in [1.29, 1.82) is 0 Å². The van der Waals surface area contributed by atoms with E-state index in [-0.39, 0.29) is 6.32 Å². The van der Waals surface area contributed by atoms with Gasteiger partial charge in [0.1, 0.15) is 5.54 Å². The van der Waals surface area contributed by atoms with Crippen molar-refractivity contribution in [3.63, 3.8) is 0 Å². The van der Waals surface area contributed by atoms with Gasteiger partial charge in [-0.3, -0.25) is 14.6 Å². The standard InChI is InChI=1S/C14H30BN3O4/c1-17-9-4-5-10-18(12-17)11-7-14(16,13(19)20)6-2-3-8-15(21)22/h21-22H,2-12,16H2,1H3,(H,19,20). The quantitative estimate of drug-likeness (QED) is 0.344. The number of carbonyl (C=O) groups is 1. The van der Waals surface area contributed by atoms with Crippen LogP contribution < -0.4 is 5.73 Å². The van der Waals surface area contributed by atoms with E-state index in [4.69, 9.17) is 15.8 Å². The normalized spacial score (nSPS) is 20.4. The minimum absolute atomic E-state index is 0.257. The van der Waals surface area contributed by atoms with Crippen LogP contribution in [0.25, 0.3) is 0 Å². The first-order chi connectivity index (χ1) is 10.3. The molecule has 1 fully saturated rings. The molecule has 0 aromatic carbocycles. The fraction of sp³-hybridized carbons (Fsp3) is 0.929. The van der Waals surface area contributed by atoms with E-state index in [1.54, 1.807) is 0 Å². The largest absolute Gasteiger partial charge is 0.480 e. The maximum absolute atomic E-state index is 11.5. The first-order valence-corrected chi connectivity index (χ1v) is 8.13. The summed E-state index contributed by atoms with van der Waals surface area (Å²) in [6.07, 6.45) is 4.48. The number of carboxylic acids is 1. The second kappa shape index (κ2) is 9.47. The van der Waals surface area contributed by atoms with Crippen molar-refractivity contribution in [3.05, 3.63) is 0 Å². The number of unbranched alkanes of at least 4 members (excludes halogenated alkanes) is 1. The van der Waals surface area contributed by atoms with Gasteiger partial charge in [-0.05, 0) is 52.1 Å². The van der Waals surface area contributed by atoms with Crippen LogP contribution in [0.15, 0.2) is 0 Å². The van der Waals surface area contributed by atoms with Gasteiger partial charge in [-0.25, -0.2) is 0 Å². The maximum atomic E-state index is 11.5. The summed E-state index contributed by atoms with van der Waals surface area (Å²) in [6.45, 7) is 3.59. The van der Waals surface area contributed by atoms with Crippen LogP contribution in [0, 0.1) is 0 Å². The van der Waals surface area contributed by atoms with E-state index in [1.807, 2.05) is 0 Å². The molecule has 0 aromatic rings. The van der Waals surface area contributed by atoms with Crippen LogP contribution in [0.3, 0.4) is 0 Å². The van der Waals surface area contributed by atoms with E-state index in [2.05, 4.69) is 16.8 Å². The molecule has 0 radical (unpaired) electrons. The van der Waals surface area contributed by atoms with Gasteiger partial charge in [-0.1, -0.05) is 12.8 Å². The molecule has 1 aliphatic heterocycles. The molecule has 0 aliphatic carbocycles. The van der Waals surface area contributed by atoms with Crippen LogP contribution in [0.2, 0.25) is 6.32 Å². The zero-order valence-electron chi connectivity index (χ0n) is 13.6. The van der Waals surface area contributed by atoms with Crippen LogP contribution >= 0.6 is 0 Å². The van der Waals surface area contributed by atoms with Crippen LogP contribution in [0.1, 0.15) is 38.5 Å². The van der Waals surface area contributed by atoms with Gasteiger partial charge in [0.25, 0.3) is 0 Å². The molecule has 0 aromatic heterocycles. The van der Waals surface area contributed by atoms with Crippen molar-refractivity contribution in [2.24, 2.45) is 5.73 Å². The number of hydrogen-bond donors (Lipinski definition) is 4. The second-order valence-corrected chi connectivity index (χ2v) is 6.48. The SMILES string of the molecule is CN1CCCCN(CCC(N)(CCCCB(O)O)C(=O)O)C1. The summed E-state index contributed by atoms with van der Waals surface area (Å²) in [7, 11) is 0.746. The molecule has 8 heteroatoms. The highest BCUT2D eigenvalue weighted by Crippen LogP contribution is 2.19. The van der Waals surface area contributed by atoms with Crippen molar-refractivity contribution >= 4 is 13.1 Å². The van der Waals surface area contributed by atoms with Gasteiger partial charge in [0.15, 0.2) is 0 Å². The lowest BCUT2D eigenvalue weighted by Crippen LogP contribution is -2.50. The highest BCUT2D eigenvalue weighted by Gasteiger charge is 2.33. The minimum atomic E-state index is -1.33. The molecule has 0 spiro atoms. The summed E-state index contributed by atoms with van der Waals surface area (Å²) in [5.41, 5.74) is 4.85. The number of carboxylic acid groups (broad SMARTS) is 1. The van der Waals surface area contributed by atoms with Crippen LogP contribution in [-0.4, -0.2) is 76.9 Å². The zero-order chi connectivity index (χ0) is 16.6. The molecule has 1 heterocycles. The Labute approximate surface area is 133 Å². The van der Waals surface area contributed by atoms with Gasteiger partial charge in [0, 0.05) is 6.54 Å². The first-order valence-electron chi connectivity index (χ1n) is 8.13. The molecule has 0 amide bonds. The molecule has 128 valence electrons. The van der Waals surface area contributed by atoms with E-state index in [0.29, 0.717) is 32.2 Å². The highest BCUT2D eigenvalue weighted by atomic mass is 16.4. The predicted molar refractivity (Wildman–Crippen MR) is 86.3 cm³/mol. The van der Waals surface area contributed by atoms with Gasteiger partial charge in [0.05, 0.1) is 6.67 Å². The third-order valence-corrected chi connectivity index (χ3v) is 4.34. The van der Waals surface area contributed by atoms with E-state index in [0.717, 1.165) is 26.2 Å². The highest BCUT2D eigenvalue weighted by molar-refractivity contribution is 6.40. The van der Waals surface area contributed by atoms with Crippen molar-refractivity contribution in [1.82, 2.24) is 9.80 Å². The van der Waals surface area contributed by atoms with Crippen molar-refractivity contribution in [2.75, 3.05) is 33.4 Å². The Bertz CT molecular complexity index is 346.